The second-order valence-electron chi connectivity index (χ2n) is 4.49. The minimum absolute atomic E-state index is 0.415. The summed E-state index contributed by atoms with van der Waals surface area (Å²) >= 11 is 5.82. The van der Waals surface area contributed by atoms with Crippen molar-refractivity contribution in [2.45, 2.75) is 12.3 Å². The van der Waals surface area contributed by atoms with Gasteiger partial charge in [0.1, 0.15) is 0 Å². The van der Waals surface area contributed by atoms with E-state index in [1.54, 1.807) is 0 Å². The first kappa shape index (κ1) is 12.4. The fourth-order valence-electron chi connectivity index (χ4n) is 2.18. The van der Waals surface area contributed by atoms with Gasteiger partial charge in [-0.3, -0.25) is 4.68 Å². The molecule has 3 rings (SSSR count). The quantitative estimate of drug-likeness (QED) is 0.793. The van der Waals surface area contributed by atoms with E-state index in [0.717, 1.165) is 34.9 Å². The van der Waals surface area contributed by atoms with Gasteiger partial charge in [-0.1, -0.05) is 0 Å². The van der Waals surface area contributed by atoms with Gasteiger partial charge < -0.3 is 9.47 Å². The molecule has 4 nitrogen and oxygen atoms in total. The largest absolute Gasteiger partial charge is 0.490 e. The zero-order chi connectivity index (χ0) is 13.2. The van der Waals surface area contributed by atoms with Crippen LogP contribution in [0.4, 0.5) is 0 Å². The van der Waals surface area contributed by atoms with Crippen LogP contribution in [0.15, 0.2) is 24.3 Å². The molecule has 0 radical (unpaired) electrons. The Morgan fingerprint density at radius 3 is 2.74 bits per heavy atom. The van der Waals surface area contributed by atoms with Crippen molar-refractivity contribution in [2.75, 3.05) is 13.2 Å². The highest BCUT2D eigenvalue weighted by Crippen LogP contribution is 2.34. The second kappa shape index (κ2) is 5.13. The van der Waals surface area contributed by atoms with Crippen molar-refractivity contribution < 1.29 is 9.47 Å². The van der Waals surface area contributed by atoms with E-state index in [4.69, 9.17) is 21.1 Å². The molecule has 0 saturated carbocycles. The molecule has 1 aromatic carbocycles. The van der Waals surface area contributed by atoms with E-state index in [2.05, 4.69) is 5.10 Å². The van der Waals surface area contributed by atoms with E-state index in [9.17, 15) is 0 Å². The maximum atomic E-state index is 5.82. The zero-order valence-electron chi connectivity index (χ0n) is 10.7. The Kier molecular flexibility index (Phi) is 3.34. The fraction of sp³-hybridized carbons (Fsp3) is 0.357. The first-order chi connectivity index (χ1) is 9.28. The molecule has 5 heteroatoms. The molecule has 0 unspecified atom stereocenters. The molecule has 0 aliphatic carbocycles. The number of aromatic nitrogens is 2. The molecule has 1 aliphatic heterocycles. The van der Waals surface area contributed by atoms with E-state index in [0.29, 0.717) is 19.1 Å². The average Bonchev–Trinajstić information content (AvgIpc) is 2.66. The Labute approximate surface area is 116 Å². The van der Waals surface area contributed by atoms with Crippen LogP contribution in [0.25, 0.3) is 11.3 Å². The molecule has 0 fully saturated rings. The molecule has 0 atom stereocenters. The van der Waals surface area contributed by atoms with E-state index >= 15 is 0 Å². The summed E-state index contributed by atoms with van der Waals surface area (Å²) in [5, 5.41) is 4.35. The Balaban J connectivity index is 2.01. The molecule has 1 aliphatic rings. The van der Waals surface area contributed by atoms with Gasteiger partial charge in [0.05, 0.1) is 30.5 Å². The lowest BCUT2D eigenvalue weighted by molar-refractivity contribution is 0.297. The lowest BCUT2D eigenvalue weighted by Gasteiger charge is -2.09. The van der Waals surface area contributed by atoms with Crippen molar-refractivity contribution in [2.24, 2.45) is 7.05 Å². The summed E-state index contributed by atoms with van der Waals surface area (Å²) in [5.74, 6) is 2.02. The van der Waals surface area contributed by atoms with Crippen LogP contribution in [0.5, 0.6) is 11.5 Å². The number of alkyl halides is 1. The van der Waals surface area contributed by atoms with Crippen molar-refractivity contribution >= 4 is 11.6 Å². The third kappa shape index (κ3) is 2.40. The summed E-state index contributed by atoms with van der Waals surface area (Å²) in [7, 11) is 1.91. The lowest BCUT2D eigenvalue weighted by Crippen LogP contribution is -1.97. The molecular weight excluding hydrogens is 264 g/mol. The van der Waals surface area contributed by atoms with Crippen LogP contribution >= 0.6 is 11.6 Å². The van der Waals surface area contributed by atoms with Crippen molar-refractivity contribution in [3.8, 4) is 22.8 Å². The summed E-state index contributed by atoms with van der Waals surface area (Å²) in [4.78, 5) is 0. The van der Waals surface area contributed by atoms with Crippen molar-refractivity contribution in [3.63, 3.8) is 0 Å². The smallest absolute Gasteiger partial charge is 0.161 e. The Morgan fingerprint density at radius 1 is 1.21 bits per heavy atom. The van der Waals surface area contributed by atoms with Gasteiger partial charge in [-0.05, 0) is 24.3 Å². The number of ether oxygens (including phenoxy) is 2. The lowest BCUT2D eigenvalue weighted by atomic mass is 10.1. The van der Waals surface area contributed by atoms with Gasteiger partial charge in [0.25, 0.3) is 0 Å². The highest BCUT2D eigenvalue weighted by atomic mass is 35.5. The van der Waals surface area contributed by atoms with E-state index in [-0.39, 0.29) is 0 Å². The van der Waals surface area contributed by atoms with Crippen LogP contribution in [-0.4, -0.2) is 23.0 Å². The standard InChI is InChI=1S/C14H15ClN2O2/c1-17-12(8-11(9-15)16-17)10-3-4-13-14(7-10)19-6-2-5-18-13/h3-4,7-8H,2,5-6,9H2,1H3. The summed E-state index contributed by atoms with van der Waals surface area (Å²) in [6.45, 7) is 1.39. The Morgan fingerprint density at radius 2 is 2.00 bits per heavy atom. The van der Waals surface area contributed by atoms with Gasteiger partial charge in [-0.15, -0.1) is 11.6 Å². The van der Waals surface area contributed by atoms with E-state index < -0.39 is 0 Å². The van der Waals surface area contributed by atoms with Crippen LogP contribution in [0, 0.1) is 0 Å². The molecule has 0 spiro atoms. The van der Waals surface area contributed by atoms with Crippen LogP contribution < -0.4 is 9.47 Å². The molecule has 0 amide bonds. The van der Waals surface area contributed by atoms with Crippen LogP contribution in [0.1, 0.15) is 12.1 Å². The van der Waals surface area contributed by atoms with Gasteiger partial charge in [0.2, 0.25) is 0 Å². The molecule has 0 bridgehead atoms. The minimum Gasteiger partial charge on any atom is -0.490 e. The number of aryl methyl sites for hydroxylation is 1. The molecule has 0 N–H and O–H groups in total. The number of nitrogens with zero attached hydrogens (tertiary/aromatic N) is 2. The van der Waals surface area contributed by atoms with E-state index in [1.807, 2.05) is 36.0 Å². The molecule has 0 saturated heterocycles. The number of rotatable bonds is 2. The summed E-state index contributed by atoms with van der Waals surface area (Å²) in [6, 6.07) is 7.95. The van der Waals surface area contributed by atoms with Gasteiger partial charge in [-0.2, -0.15) is 5.10 Å². The predicted molar refractivity (Wildman–Crippen MR) is 73.8 cm³/mol. The van der Waals surface area contributed by atoms with Crippen LogP contribution in [0.2, 0.25) is 0 Å². The Bertz CT molecular complexity index is 595. The topological polar surface area (TPSA) is 36.3 Å². The maximum Gasteiger partial charge on any atom is 0.161 e. The monoisotopic (exact) mass is 278 g/mol. The molecular formula is C14H15ClN2O2. The number of halogens is 1. The van der Waals surface area contributed by atoms with Crippen LogP contribution in [0.3, 0.4) is 0 Å². The third-order valence-electron chi connectivity index (χ3n) is 3.11. The third-order valence-corrected chi connectivity index (χ3v) is 3.38. The van der Waals surface area contributed by atoms with Gasteiger partial charge in [0.15, 0.2) is 11.5 Å². The SMILES string of the molecule is Cn1nc(CCl)cc1-c1ccc2c(c1)OCCCO2. The van der Waals surface area contributed by atoms with Crippen LogP contribution in [-0.2, 0) is 12.9 Å². The number of hydrogen-bond donors (Lipinski definition) is 0. The molecule has 2 aromatic rings. The van der Waals surface area contributed by atoms with Gasteiger partial charge in [0, 0.05) is 19.0 Å². The first-order valence-electron chi connectivity index (χ1n) is 6.27. The predicted octanol–water partition coefficient (Wildman–Crippen LogP) is 2.99. The fourth-order valence-corrected chi connectivity index (χ4v) is 2.32. The normalized spacial score (nSPS) is 14.2. The number of fused-ring (bicyclic) bond motifs is 1. The highest BCUT2D eigenvalue weighted by molar-refractivity contribution is 6.16. The van der Waals surface area contributed by atoms with Crippen molar-refractivity contribution in [1.29, 1.82) is 0 Å². The van der Waals surface area contributed by atoms with Gasteiger partial charge in [-0.25, -0.2) is 0 Å². The maximum absolute atomic E-state index is 5.82. The molecule has 100 valence electrons. The van der Waals surface area contributed by atoms with Crippen molar-refractivity contribution in [1.82, 2.24) is 9.78 Å². The molecule has 2 heterocycles. The van der Waals surface area contributed by atoms with Gasteiger partial charge >= 0.3 is 0 Å². The highest BCUT2D eigenvalue weighted by Gasteiger charge is 2.13. The van der Waals surface area contributed by atoms with E-state index in [1.165, 1.54) is 0 Å². The summed E-state index contributed by atoms with van der Waals surface area (Å²) in [6.07, 6.45) is 0.909. The summed E-state index contributed by atoms with van der Waals surface area (Å²) < 4.78 is 13.2. The number of hydrogen-bond acceptors (Lipinski definition) is 3. The minimum atomic E-state index is 0.415. The molecule has 1 aromatic heterocycles. The summed E-state index contributed by atoms with van der Waals surface area (Å²) in [5.41, 5.74) is 2.94. The molecule has 19 heavy (non-hydrogen) atoms. The zero-order valence-corrected chi connectivity index (χ0v) is 11.5. The number of benzene rings is 1. The first-order valence-corrected chi connectivity index (χ1v) is 6.80. The average molecular weight is 279 g/mol. The second-order valence-corrected chi connectivity index (χ2v) is 4.76. The Hall–Kier alpha value is -1.68. The van der Waals surface area contributed by atoms with Crippen molar-refractivity contribution in [3.05, 3.63) is 30.0 Å².